The van der Waals surface area contributed by atoms with Crippen molar-refractivity contribution in [3.05, 3.63) is 83.4 Å². The Morgan fingerprint density at radius 2 is 1.68 bits per heavy atom. The van der Waals surface area contributed by atoms with Crippen LogP contribution in [0.5, 0.6) is 5.75 Å². The van der Waals surface area contributed by atoms with Crippen LogP contribution in [0.3, 0.4) is 0 Å². The fraction of sp³-hybridized carbons (Fsp3) is 0.0455. The van der Waals surface area contributed by atoms with Crippen molar-refractivity contribution in [1.82, 2.24) is 4.98 Å². The van der Waals surface area contributed by atoms with Crippen LogP contribution in [-0.4, -0.2) is 4.98 Å². The van der Waals surface area contributed by atoms with Crippen LogP contribution >= 0.6 is 11.6 Å². The van der Waals surface area contributed by atoms with E-state index in [0.717, 1.165) is 44.6 Å². The van der Waals surface area contributed by atoms with Gasteiger partial charge in [0.15, 0.2) is 0 Å². The molecule has 0 saturated heterocycles. The van der Waals surface area contributed by atoms with Gasteiger partial charge in [0.1, 0.15) is 12.4 Å². The summed E-state index contributed by atoms with van der Waals surface area (Å²) in [5.74, 6) is 0.884. The molecule has 0 radical (unpaired) electrons. The highest BCUT2D eigenvalue weighted by molar-refractivity contribution is 6.31. The Morgan fingerprint density at radius 3 is 2.56 bits per heavy atom. The van der Waals surface area contributed by atoms with Crippen molar-refractivity contribution in [1.29, 1.82) is 0 Å². The Balaban J connectivity index is 1.93. The van der Waals surface area contributed by atoms with Crippen LogP contribution in [0.1, 0.15) is 5.56 Å². The number of halogens is 1. The topological polar surface area (TPSA) is 22.1 Å². The predicted octanol–water partition coefficient (Wildman–Crippen LogP) is 6.11. The molecule has 1 aliphatic heterocycles. The summed E-state index contributed by atoms with van der Waals surface area (Å²) < 4.78 is 6.02. The Hall–Kier alpha value is -2.84. The molecule has 0 fully saturated rings. The molecule has 120 valence electrons. The predicted molar refractivity (Wildman–Crippen MR) is 102 cm³/mol. The van der Waals surface area contributed by atoms with Crippen LogP contribution in [-0.2, 0) is 6.61 Å². The van der Waals surface area contributed by atoms with Crippen molar-refractivity contribution >= 4 is 22.5 Å². The first-order valence-corrected chi connectivity index (χ1v) is 8.59. The molecule has 3 heteroatoms. The van der Waals surface area contributed by atoms with Crippen LogP contribution < -0.4 is 4.74 Å². The summed E-state index contributed by atoms with van der Waals surface area (Å²) in [4.78, 5) is 4.95. The third-order valence-corrected chi connectivity index (χ3v) is 4.86. The Bertz CT molecular complexity index is 1110. The second kappa shape index (κ2) is 5.61. The molecule has 1 aliphatic rings. The van der Waals surface area contributed by atoms with Gasteiger partial charge in [0.2, 0.25) is 0 Å². The molecule has 0 spiro atoms. The molecule has 0 N–H and O–H groups in total. The lowest BCUT2D eigenvalue weighted by Gasteiger charge is -2.24. The van der Waals surface area contributed by atoms with Gasteiger partial charge in [0, 0.05) is 21.5 Å². The standard InChI is InChI=1S/C22H14ClNO/c23-15-10-11-19-17(12-15)21(14-6-2-1-3-7-14)18-13-25-20-9-5-4-8-16(20)22(18)24-19/h1-12H,13H2. The summed E-state index contributed by atoms with van der Waals surface area (Å²) in [6.07, 6.45) is 0. The van der Waals surface area contributed by atoms with E-state index in [9.17, 15) is 0 Å². The third-order valence-electron chi connectivity index (χ3n) is 4.62. The van der Waals surface area contributed by atoms with Crippen LogP contribution in [0.25, 0.3) is 33.3 Å². The van der Waals surface area contributed by atoms with Gasteiger partial charge in [-0.25, -0.2) is 4.98 Å². The highest BCUT2D eigenvalue weighted by atomic mass is 35.5. The number of hydrogen-bond acceptors (Lipinski definition) is 2. The number of fused-ring (bicyclic) bond motifs is 4. The molecule has 2 nitrogen and oxygen atoms in total. The number of rotatable bonds is 1. The zero-order valence-corrected chi connectivity index (χ0v) is 14.1. The molecular formula is C22H14ClNO. The van der Waals surface area contributed by atoms with Gasteiger partial charge in [0.05, 0.1) is 11.2 Å². The van der Waals surface area contributed by atoms with E-state index < -0.39 is 0 Å². The average molecular weight is 344 g/mol. The minimum atomic E-state index is 0.506. The van der Waals surface area contributed by atoms with Crippen molar-refractivity contribution < 1.29 is 4.74 Å². The number of aromatic nitrogens is 1. The first-order chi connectivity index (χ1) is 12.3. The molecule has 2 heterocycles. The number of nitrogens with zero attached hydrogens (tertiary/aromatic N) is 1. The lowest BCUT2D eigenvalue weighted by Crippen LogP contribution is -2.09. The molecule has 3 aromatic carbocycles. The van der Waals surface area contributed by atoms with Gasteiger partial charge in [-0.15, -0.1) is 0 Å². The molecule has 4 aromatic rings. The van der Waals surface area contributed by atoms with Crippen LogP contribution in [0, 0.1) is 0 Å². The number of pyridine rings is 1. The smallest absolute Gasteiger partial charge is 0.129 e. The van der Waals surface area contributed by atoms with Gasteiger partial charge in [-0.05, 0) is 41.5 Å². The second-order valence-electron chi connectivity index (χ2n) is 6.13. The number of hydrogen-bond donors (Lipinski definition) is 0. The fourth-order valence-corrected chi connectivity index (χ4v) is 3.68. The quantitative estimate of drug-likeness (QED) is 0.415. The first-order valence-electron chi connectivity index (χ1n) is 8.21. The molecule has 0 amide bonds. The number of para-hydroxylation sites is 1. The molecule has 25 heavy (non-hydrogen) atoms. The summed E-state index contributed by atoms with van der Waals surface area (Å²) in [5.41, 5.74) is 6.39. The van der Waals surface area contributed by atoms with Gasteiger partial charge in [-0.1, -0.05) is 54.1 Å². The van der Waals surface area contributed by atoms with Crippen molar-refractivity contribution in [3.8, 4) is 28.1 Å². The van der Waals surface area contributed by atoms with Crippen LogP contribution in [0.15, 0.2) is 72.8 Å². The minimum Gasteiger partial charge on any atom is -0.488 e. The zero-order valence-electron chi connectivity index (χ0n) is 13.4. The summed E-state index contributed by atoms with van der Waals surface area (Å²) in [7, 11) is 0. The van der Waals surface area contributed by atoms with Gasteiger partial charge in [-0.3, -0.25) is 0 Å². The van der Waals surface area contributed by atoms with Crippen molar-refractivity contribution in [2.24, 2.45) is 0 Å². The zero-order chi connectivity index (χ0) is 16.8. The molecule has 0 unspecified atom stereocenters. The molecule has 0 aliphatic carbocycles. The number of benzene rings is 3. The minimum absolute atomic E-state index is 0.506. The van der Waals surface area contributed by atoms with E-state index in [-0.39, 0.29) is 0 Å². The SMILES string of the molecule is Clc1ccc2nc3c(c(-c4ccccc4)c2c1)COc1ccccc1-3. The van der Waals surface area contributed by atoms with E-state index in [1.165, 1.54) is 0 Å². The average Bonchev–Trinajstić information content (AvgIpc) is 2.67. The van der Waals surface area contributed by atoms with Gasteiger partial charge >= 0.3 is 0 Å². The summed E-state index contributed by atoms with van der Waals surface area (Å²) in [6.45, 7) is 0.506. The Kier molecular flexibility index (Phi) is 3.25. The van der Waals surface area contributed by atoms with Gasteiger partial charge in [0.25, 0.3) is 0 Å². The van der Waals surface area contributed by atoms with E-state index in [0.29, 0.717) is 11.6 Å². The van der Waals surface area contributed by atoms with E-state index in [2.05, 4.69) is 30.3 Å². The van der Waals surface area contributed by atoms with Crippen LogP contribution in [0.4, 0.5) is 0 Å². The number of ether oxygens (including phenoxy) is 1. The maximum absolute atomic E-state index is 6.28. The molecule has 0 atom stereocenters. The fourth-order valence-electron chi connectivity index (χ4n) is 3.51. The van der Waals surface area contributed by atoms with Crippen molar-refractivity contribution in [2.45, 2.75) is 6.61 Å². The first kappa shape index (κ1) is 14.5. The monoisotopic (exact) mass is 343 g/mol. The van der Waals surface area contributed by atoms with E-state index >= 15 is 0 Å². The highest BCUT2D eigenvalue weighted by Crippen LogP contribution is 2.43. The largest absolute Gasteiger partial charge is 0.488 e. The Labute approximate surface area is 150 Å². The third kappa shape index (κ3) is 2.30. The molecular weight excluding hydrogens is 330 g/mol. The summed E-state index contributed by atoms with van der Waals surface area (Å²) >= 11 is 6.28. The molecule has 1 aromatic heterocycles. The highest BCUT2D eigenvalue weighted by Gasteiger charge is 2.24. The molecule has 0 saturated carbocycles. The maximum Gasteiger partial charge on any atom is 0.129 e. The van der Waals surface area contributed by atoms with Crippen LogP contribution in [0.2, 0.25) is 5.02 Å². The summed E-state index contributed by atoms with van der Waals surface area (Å²) in [6, 6.07) is 24.3. The van der Waals surface area contributed by atoms with Crippen molar-refractivity contribution in [2.75, 3.05) is 0 Å². The van der Waals surface area contributed by atoms with E-state index in [1.54, 1.807) is 0 Å². The maximum atomic E-state index is 6.28. The lowest BCUT2D eigenvalue weighted by atomic mass is 9.91. The second-order valence-corrected chi connectivity index (χ2v) is 6.56. The summed E-state index contributed by atoms with van der Waals surface area (Å²) in [5, 5.41) is 1.77. The van der Waals surface area contributed by atoms with E-state index in [1.807, 2.05) is 42.5 Å². The van der Waals surface area contributed by atoms with Gasteiger partial charge < -0.3 is 4.74 Å². The van der Waals surface area contributed by atoms with Gasteiger partial charge in [-0.2, -0.15) is 0 Å². The molecule has 5 rings (SSSR count). The van der Waals surface area contributed by atoms with E-state index in [4.69, 9.17) is 21.3 Å². The normalized spacial score (nSPS) is 12.4. The lowest BCUT2D eigenvalue weighted by molar-refractivity contribution is 0.302. The van der Waals surface area contributed by atoms with Crippen molar-refractivity contribution in [3.63, 3.8) is 0 Å². The Morgan fingerprint density at radius 1 is 0.880 bits per heavy atom. The molecule has 0 bridgehead atoms.